The highest BCUT2D eigenvalue weighted by Gasteiger charge is 2.20. The molecule has 0 saturated carbocycles. The van der Waals surface area contributed by atoms with Crippen LogP contribution >= 0.6 is 0 Å². The molecule has 7 heteroatoms. The minimum Gasteiger partial charge on any atom is -0.454 e. The lowest BCUT2D eigenvalue weighted by atomic mass is 10.1. The number of hydrogen-bond donors (Lipinski definition) is 1. The summed E-state index contributed by atoms with van der Waals surface area (Å²) in [5, 5.41) is 8.40. The van der Waals surface area contributed by atoms with Gasteiger partial charge in [0.05, 0.1) is 22.3 Å². The minimum atomic E-state index is -0.168. The molecule has 1 N–H and O–H groups in total. The second kappa shape index (κ2) is 7.18. The smallest absolute Gasteiger partial charge is 0.252 e. The van der Waals surface area contributed by atoms with Crippen molar-refractivity contribution in [1.29, 1.82) is 0 Å². The first-order valence-electron chi connectivity index (χ1n) is 9.69. The van der Waals surface area contributed by atoms with Crippen LogP contribution < -0.4 is 14.8 Å². The zero-order valence-electron chi connectivity index (χ0n) is 16.7. The molecule has 30 heavy (non-hydrogen) atoms. The third-order valence-electron chi connectivity index (χ3n) is 5.08. The number of carbonyl (C=O) groups is 1. The minimum absolute atomic E-state index is 0.168. The Morgan fingerprint density at radius 1 is 1.07 bits per heavy atom. The molecule has 0 aliphatic carbocycles. The summed E-state index contributed by atoms with van der Waals surface area (Å²) < 4.78 is 12.5. The standard InChI is InChI=1S/C23H20N4O3/c1-14-10-18(23(28)24-12-16-8-9-19-20(11-16)30-13-29-19)21-15(2)26-27(22(21)25-14)17-6-4-3-5-7-17/h3-11H,12-13H2,1-2H3,(H,24,28). The highest BCUT2D eigenvalue weighted by atomic mass is 16.7. The van der Waals surface area contributed by atoms with Gasteiger partial charge in [0.15, 0.2) is 17.1 Å². The molecular weight excluding hydrogens is 380 g/mol. The summed E-state index contributed by atoms with van der Waals surface area (Å²) in [6.07, 6.45) is 0. The molecule has 5 rings (SSSR count). The SMILES string of the molecule is Cc1cc(C(=O)NCc2ccc3c(c2)OCO3)c2c(C)nn(-c3ccccc3)c2n1. The van der Waals surface area contributed by atoms with Crippen LogP contribution in [0.2, 0.25) is 0 Å². The molecule has 0 unspecified atom stereocenters. The van der Waals surface area contributed by atoms with E-state index in [9.17, 15) is 4.79 Å². The van der Waals surface area contributed by atoms with E-state index in [1.165, 1.54) is 0 Å². The second-order valence-electron chi connectivity index (χ2n) is 7.21. The summed E-state index contributed by atoms with van der Waals surface area (Å²) in [5.74, 6) is 1.25. The second-order valence-corrected chi connectivity index (χ2v) is 7.21. The number of benzene rings is 2. The van der Waals surface area contributed by atoms with E-state index in [-0.39, 0.29) is 12.7 Å². The molecule has 1 amide bonds. The number of aromatic nitrogens is 3. The number of fused-ring (bicyclic) bond motifs is 2. The van der Waals surface area contributed by atoms with Crippen molar-refractivity contribution in [3.05, 3.63) is 77.1 Å². The van der Waals surface area contributed by atoms with Crippen LogP contribution in [0.25, 0.3) is 16.7 Å². The Morgan fingerprint density at radius 2 is 1.87 bits per heavy atom. The van der Waals surface area contributed by atoms with Crippen LogP contribution in [0.5, 0.6) is 11.5 Å². The Kier molecular flexibility index (Phi) is 4.35. The maximum atomic E-state index is 13.1. The van der Waals surface area contributed by atoms with Gasteiger partial charge in [-0.3, -0.25) is 4.79 Å². The van der Waals surface area contributed by atoms with E-state index in [0.717, 1.165) is 33.8 Å². The monoisotopic (exact) mass is 400 g/mol. The zero-order valence-corrected chi connectivity index (χ0v) is 16.7. The Balaban J connectivity index is 1.48. The maximum Gasteiger partial charge on any atom is 0.252 e. The molecule has 0 spiro atoms. The molecular formula is C23H20N4O3. The summed E-state index contributed by atoms with van der Waals surface area (Å²) in [4.78, 5) is 17.7. The number of ether oxygens (including phenoxy) is 2. The molecule has 3 heterocycles. The van der Waals surface area contributed by atoms with Crippen LogP contribution in [0.1, 0.15) is 27.3 Å². The fourth-order valence-corrected chi connectivity index (χ4v) is 3.67. The highest BCUT2D eigenvalue weighted by molar-refractivity contribution is 6.06. The van der Waals surface area contributed by atoms with Crippen LogP contribution in [-0.4, -0.2) is 27.5 Å². The van der Waals surface area contributed by atoms with Gasteiger partial charge in [0.1, 0.15) is 0 Å². The van der Waals surface area contributed by atoms with Crippen molar-refractivity contribution in [3.63, 3.8) is 0 Å². The number of nitrogens with zero attached hydrogens (tertiary/aromatic N) is 3. The number of carbonyl (C=O) groups excluding carboxylic acids is 1. The molecule has 4 aromatic rings. The molecule has 2 aromatic carbocycles. The Labute approximate surface area is 173 Å². The Morgan fingerprint density at radius 3 is 2.70 bits per heavy atom. The van der Waals surface area contributed by atoms with Crippen LogP contribution in [0.15, 0.2) is 54.6 Å². The molecule has 150 valence electrons. The van der Waals surface area contributed by atoms with Gasteiger partial charge in [-0.1, -0.05) is 24.3 Å². The van der Waals surface area contributed by atoms with Crippen molar-refractivity contribution in [2.75, 3.05) is 6.79 Å². The molecule has 0 radical (unpaired) electrons. The first-order chi connectivity index (χ1) is 14.6. The molecule has 0 atom stereocenters. The number of hydrogen-bond acceptors (Lipinski definition) is 5. The van der Waals surface area contributed by atoms with Crippen LogP contribution in [0.4, 0.5) is 0 Å². The van der Waals surface area contributed by atoms with Gasteiger partial charge >= 0.3 is 0 Å². The summed E-state index contributed by atoms with van der Waals surface area (Å²) >= 11 is 0. The molecule has 0 fully saturated rings. The maximum absolute atomic E-state index is 13.1. The van der Waals surface area contributed by atoms with E-state index in [4.69, 9.17) is 9.47 Å². The van der Waals surface area contributed by atoms with E-state index in [0.29, 0.717) is 23.5 Å². The normalized spacial score (nSPS) is 12.3. The molecule has 1 aliphatic rings. The van der Waals surface area contributed by atoms with Gasteiger partial charge in [0, 0.05) is 12.2 Å². The van der Waals surface area contributed by atoms with E-state index in [1.54, 1.807) is 10.7 Å². The topological polar surface area (TPSA) is 78.3 Å². The first kappa shape index (κ1) is 18.2. The van der Waals surface area contributed by atoms with Crippen molar-refractivity contribution in [2.45, 2.75) is 20.4 Å². The number of pyridine rings is 1. The lowest BCUT2D eigenvalue weighted by Gasteiger charge is -2.09. The lowest BCUT2D eigenvalue weighted by molar-refractivity contribution is 0.0952. The average Bonchev–Trinajstić information content (AvgIpc) is 3.36. The largest absolute Gasteiger partial charge is 0.454 e. The molecule has 1 aliphatic heterocycles. The van der Waals surface area contributed by atoms with Gasteiger partial charge in [0.25, 0.3) is 5.91 Å². The highest BCUT2D eigenvalue weighted by Crippen LogP contribution is 2.32. The van der Waals surface area contributed by atoms with Crippen molar-refractivity contribution < 1.29 is 14.3 Å². The van der Waals surface area contributed by atoms with Crippen LogP contribution in [0, 0.1) is 13.8 Å². The number of para-hydroxylation sites is 1. The van der Waals surface area contributed by atoms with Gasteiger partial charge in [-0.2, -0.15) is 5.10 Å². The van der Waals surface area contributed by atoms with Crippen molar-refractivity contribution in [3.8, 4) is 17.2 Å². The lowest BCUT2D eigenvalue weighted by Crippen LogP contribution is -2.23. The summed E-state index contributed by atoms with van der Waals surface area (Å²) in [6.45, 7) is 4.38. The summed E-state index contributed by atoms with van der Waals surface area (Å²) in [7, 11) is 0. The molecule has 2 aromatic heterocycles. The third-order valence-corrected chi connectivity index (χ3v) is 5.08. The van der Waals surface area contributed by atoms with Gasteiger partial charge in [0.2, 0.25) is 6.79 Å². The number of aryl methyl sites for hydroxylation is 2. The predicted octanol–water partition coefficient (Wildman–Crippen LogP) is 3.70. The first-order valence-corrected chi connectivity index (χ1v) is 9.69. The van der Waals surface area contributed by atoms with Gasteiger partial charge in [-0.25, -0.2) is 9.67 Å². The third kappa shape index (κ3) is 3.14. The van der Waals surface area contributed by atoms with E-state index >= 15 is 0 Å². The molecule has 0 bridgehead atoms. The molecule has 7 nitrogen and oxygen atoms in total. The quantitative estimate of drug-likeness (QED) is 0.565. The van der Waals surface area contributed by atoms with Gasteiger partial charge in [-0.15, -0.1) is 0 Å². The van der Waals surface area contributed by atoms with E-state index in [1.807, 2.05) is 62.4 Å². The van der Waals surface area contributed by atoms with Crippen LogP contribution in [-0.2, 0) is 6.54 Å². The van der Waals surface area contributed by atoms with Crippen molar-refractivity contribution in [2.24, 2.45) is 0 Å². The molecule has 0 saturated heterocycles. The Hall–Kier alpha value is -3.87. The summed E-state index contributed by atoms with van der Waals surface area (Å²) in [5.41, 5.74) is 4.60. The van der Waals surface area contributed by atoms with Crippen molar-refractivity contribution in [1.82, 2.24) is 20.1 Å². The number of amides is 1. The average molecular weight is 400 g/mol. The number of nitrogens with one attached hydrogen (secondary N) is 1. The van der Waals surface area contributed by atoms with Gasteiger partial charge in [-0.05, 0) is 49.7 Å². The summed E-state index contributed by atoms with van der Waals surface area (Å²) in [6, 6.07) is 17.3. The number of rotatable bonds is 4. The van der Waals surface area contributed by atoms with Gasteiger partial charge < -0.3 is 14.8 Å². The van der Waals surface area contributed by atoms with Crippen LogP contribution in [0.3, 0.4) is 0 Å². The van der Waals surface area contributed by atoms with E-state index in [2.05, 4.69) is 15.4 Å². The fourth-order valence-electron chi connectivity index (χ4n) is 3.67. The Bertz CT molecular complexity index is 1260. The van der Waals surface area contributed by atoms with E-state index < -0.39 is 0 Å². The van der Waals surface area contributed by atoms with Crippen molar-refractivity contribution >= 4 is 16.9 Å². The fraction of sp³-hybridized carbons (Fsp3) is 0.174. The predicted molar refractivity (Wildman–Crippen MR) is 112 cm³/mol. The zero-order chi connectivity index (χ0) is 20.7.